The number of ether oxygens (including phenoxy) is 2. The molecule has 4 rings (SSSR count). The number of hydrogen-bond acceptors (Lipinski definition) is 6. The van der Waals surface area contributed by atoms with E-state index >= 15 is 0 Å². The number of benzene rings is 1. The number of fused-ring (bicyclic) bond motifs is 1. The maximum Gasteiger partial charge on any atom is 0.407 e. The third-order valence-electron chi connectivity index (χ3n) is 8.18. The van der Waals surface area contributed by atoms with Crippen LogP contribution in [0.1, 0.15) is 71.3 Å². The number of piperidine rings is 1. The van der Waals surface area contributed by atoms with E-state index in [1.165, 1.54) is 25.7 Å². The summed E-state index contributed by atoms with van der Waals surface area (Å²) in [5.41, 5.74) is 0.695. The second-order valence-electron chi connectivity index (χ2n) is 12.5. The molecular weight excluding hydrogens is 482 g/mol. The standard InChI is InChI=1S/C30H47N3O5/c1-30(2,3)32-28(35)26-17-22-12-7-8-13-23(22)18-33(26)19-27(34)25(16-21-10-5-4-6-11-21)31-29(36)38-24-14-9-15-37-20-24/h4-6,10-11,22-27,34H,7-9,12-20H2,1-3H3,(H,31,36)(H,32,35)/t22-,23+,24-,25-,26-,27+/m0/s1. The fraction of sp³-hybridized carbons (Fsp3) is 0.733. The molecule has 1 aromatic rings. The van der Waals surface area contributed by atoms with Crippen LogP contribution in [0.4, 0.5) is 4.79 Å². The SMILES string of the molecule is CC(C)(C)NC(=O)[C@@H]1C[C@@H]2CCCC[C@@H]2CN1C[C@@H](O)[C@H](Cc1ccccc1)NC(=O)O[C@H]1CCCOC1. The van der Waals surface area contributed by atoms with Crippen molar-refractivity contribution in [2.75, 3.05) is 26.3 Å². The Morgan fingerprint density at radius 2 is 1.84 bits per heavy atom. The molecule has 3 fully saturated rings. The number of carbonyl (C=O) groups excluding carboxylic acids is 2. The van der Waals surface area contributed by atoms with Crippen LogP contribution in [-0.2, 0) is 20.7 Å². The minimum Gasteiger partial charge on any atom is -0.444 e. The van der Waals surface area contributed by atoms with Gasteiger partial charge in [0.2, 0.25) is 5.91 Å². The summed E-state index contributed by atoms with van der Waals surface area (Å²) in [6, 6.07) is 9.02. The zero-order valence-corrected chi connectivity index (χ0v) is 23.4. The number of aliphatic hydroxyl groups excluding tert-OH is 1. The normalized spacial score (nSPS) is 28.0. The minimum absolute atomic E-state index is 0.0259. The molecule has 6 atom stereocenters. The first-order valence-electron chi connectivity index (χ1n) is 14.5. The van der Waals surface area contributed by atoms with Crippen LogP contribution < -0.4 is 10.6 Å². The second-order valence-corrected chi connectivity index (χ2v) is 12.5. The average Bonchev–Trinajstić information content (AvgIpc) is 2.88. The Kier molecular flexibility index (Phi) is 10.1. The van der Waals surface area contributed by atoms with E-state index in [1.807, 2.05) is 51.1 Å². The van der Waals surface area contributed by atoms with Crippen molar-refractivity contribution in [2.45, 2.75) is 102 Å². The number of likely N-dealkylation sites (tertiary alicyclic amines) is 1. The van der Waals surface area contributed by atoms with E-state index in [4.69, 9.17) is 9.47 Å². The fourth-order valence-electron chi connectivity index (χ4n) is 6.29. The van der Waals surface area contributed by atoms with Crippen molar-refractivity contribution in [2.24, 2.45) is 11.8 Å². The van der Waals surface area contributed by atoms with Gasteiger partial charge in [0.25, 0.3) is 0 Å². The summed E-state index contributed by atoms with van der Waals surface area (Å²) in [5.74, 6) is 1.13. The molecule has 212 valence electrons. The molecule has 0 bridgehead atoms. The highest BCUT2D eigenvalue weighted by atomic mass is 16.6. The molecule has 2 aliphatic heterocycles. The largest absolute Gasteiger partial charge is 0.444 e. The van der Waals surface area contributed by atoms with E-state index in [0.717, 1.165) is 31.4 Å². The molecule has 0 spiro atoms. The van der Waals surface area contributed by atoms with Crippen molar-refractivity contribution in [1.29, 1.82) is 0 Å². The molecule has 8 nitrogen and oxygen atoms in total. The van der Waals surface area contributed by atoms with Gasteiger partial charge in [0.05, 0.1) is 24.8 Å². The Labute approximate surface area is 227 Å². The van der Waals surface area contributed by atoms with Gasteiger partial charge in [-0.3, -0.25) is 9.69 Å². The second kappa shape index (κ2) is 13.3. The molecule has 2 heterocycles. The maximum absolute atomic E-state index is 13.4. The topological polar surface area (TPSA) is 100 Å². The van der Waals surface area contributed by atoms with Crippen LogP contribution in [0.5, 0.6) is 0 Å². The van der Waals surface area contributed by atoms with Crippen LogP contribution in [0.2, 0.25) is 0 Å². The van der Waals surface area contributed by atoms with Crippen molar-refractivity contribution in [3.8, 4) is 0 Å². The molecule has 0 unspecified atom stereocenters. The van der Waals surface area contributed by atoms with Gasteiger partial charge in [0.1, 0.15) is 6.10 Å². The van der Waals surface area contributed by atoms with E-state index in [9.17, 15) is 14.7 Å². The summed E-state index contributed by atoms with van der Waals surface area (Å²) in [4.78, 5) is 28.4. The number of rotatable bonds is 8. The highest BCUT2D eigenvalue weighted by Gasteiger charge is 2.41. The van der Waals surface area contributed by atoms with Gasteiger partial charge in [-0.05, 0) is 70.3 Å². The number of hydrogen-bond donors (Lipinski definition) is 3. The summed E-state index contributed by atoms with van der Waals surface area (Å²) < 4.78 is 11.1. The number of alkyl carbamates (subject to hydrolysis) is 1. The van der Waals surface area contributed by atoms with Crippen LogP contribution >= 0.6 is 0 Å². The summed E-state index contributed by atoms with van der Waals surface area (Å²) in [7, 11) is 0. The Balaban J connectivity index is 1.47. The molecule has 8 heteroatoms. The summed E-state index contributed by atoms with van der Waals surface area (Å²) in [6.45, 7) is 8.21. The summed E-state index contributed by atoms with van der Waals surface area (Å²) in [6.07, 6.45) is 6.07. The van der Waals surface area contributed by atoms with Crippen LogP contribution in [-0.4, -0.2) is 78.1 Å². The number of aliphatic hydroxyl groups is 1. The van der Waals surface area contributed by atoms with Gasteiger partial charge in [-0.25, -0.2) is 4.79 Å². The maximum atomic E-state index is 13.4. The summed E-state index contributed by atoms with van der Waals surface area (Å²) >= 11 is 0. The van der Waals surface area contributed by atoms with E-state index < -0.39 is 18.2 Å². The molecule has 0 aromatic heterocycles. The Morgan fingerprint density at radius 1 is 1.11 bits per heavy atom. The lowest BCUT2D eigenvalue weighted by atomic mass is 9.72. The molecule has 1 aliphatic carbocycles. The van der Waals surface area contributed by atoms with Crippen molar-refractivity contribution in [1.82, 2.24) is 15.5 Å². The highest BCUT2D eigenvalue weighted by Crippen LogP contribution is 2.39. The van der Waals surface area contributed by atoms with Gasteiger partial charge in [0.15, 0.2) is 0 Å². The van der Waals surface area contributed by atoms with Gasteiger partial charge in [-0.2, -0.15) is 0 Å². The predicted molar refractivity (Wildman–Crippen MR) is 147 cm³/mol. The lowest BCUT2D eigenvalue weighted by Crippen LogP contribution is -2.60. The van der Waals surface area contributed by atoms with E-state index in [2.05, 4.69) is 15.5 Å². The molecule has 1 aromatic carbocycles. The fourth-order valence-corrected chi connectivity index (χ4v) is 6.29. The molecule has 2 amide bonds. The molecule has 0 radical (unpaired) electrons. The minimum atomic E-state index is -0.865. The lowest BCUT2D eigenvalue weighted by molar-refractivity contribution is -0.132. The monoisotopic (exact) mass is 529 g/mol. The van der Waals surface area contributed by atoms with E-state index in [1.54, 1.807) is 0 Å². The van der Waals surface area contributed by atoms with Gasteiger partial charge in [-0.1, -0.05) is 49.6 Å². The molecule has 3 aliphatic rings. The number of β-amino-alcohol motifs (C(OH)–C–C–N with tert-alkyl or cyclic N) is 1. The van der Waals surface area contributed by atoms with Gasteiger partial charge in [0, 0.05) is 25.2 Å². The first-order chi connectivity index (χ1) is 18.2. The van der Waals surface area contributed by atoms with Crippen LogP contribution in [0, 0.1) is 11.8 Å². The average molecular weight is 530 g/mol. The number of amides is 2. The Morgan fingerprint density at radius 3 is 2.53 bits per heavy atom. The van der Waals surface area contributed by atoms with Crippen molar-refractivity contribution >= 4 is 12.0 Å². The number of carbonyl (C=O) groups is 2. The van der Waals surface area contributed by atoms with Gasteiger partial charge in [-0.15, -0.1) is 0 Å². The zero-order valence-electron chi connectivity index (χ0n) is 23.4. The highest BCUT2D eigenvalue weighted by molar-refractivity contribution is 5.82. The van der Waals surface area contributed by atoms with E-state index in [0.29, 0.717) is 38.0 Å². The van der Waals surface area contributed by atoms with Gasteiger partial charge >= 0.3 is 6.09 Å². The number of nitrogens with one attached hydrogen (secondary N) is 2. The first kappa shape index (κ1) is 28.8. The van der Waals surface area contributed by atoms with Gasteiger partial charge < -0.3 is 25.2 Å². The smallest absolute Gasteiger partial charge is 0.407 e. The lowest BCUT2D eigenvalue weighted by Gasteiger charge is -2.47. The first-order valence-corrected chi connectivity index (χ1v) is 14.5. The molecule has 38 heavy (non-hydrogen) atoms. The predicted octanol–water partition coefficient (Wildman–Crippen LogP) is 3.66. The van der Waals surface area contributed by atoms with Crippen molar-refractivity contribution < 1.29 is 24.2 Å². The number of nitrogens with zero attached hydrogens (tertiary/aromatic N) is 1. The van der Waals surface area contributed by atoms with Crippen LogP contribution in [0.15, 0.2) is 30.3 Å². The third-order valence-corrected chi connectivity index (χ3v) is 8.18. The molecule has 3 N–H and O–H groups in total. The molecule has 2 saturated heterocycles. The third kappa shape index (κ3) is 8.42. The molecule has 1 saturated carbocycles. The van der Waals surface area contributed by atoms with E-state index in [-0.39, 0.29) is 23.6 Å². The van der Waals surface area contributed by atoms with Crippen molar-refractivity contribution in [3.05, 3.63) is 35.9 Å². The quantitative estimate of drug-likeness (QED) is 0.475. The Bertz CT molecular complexity index is 899. The van der Waals surface area contributed by atoms with Crippen LogP contribution in [0.25, 0.3) is 0 Å². The van der Waals surface area contributed by atoms with Crippen LogP contribution in [0.3, 0.4) is 0 Å². The Hall–Kier alpha value is -2.16. The summed E-state index contributed by atoms with van der Waals surface area (Å²) in [5, 5.41) is 17.7. The molecular formula is C30H47N3O5. The zero-order chi connectivity index (χ0) is 27.1. The van der Waals surface area contributed by atoms with Crippen molar-refractivity contribution in [3.63, 3.8) is 0 Å².